The Balaban J connectivity index is 1.77. The minimum atomic E-state index is -0.408. The molecule has 0 atom stereocenters. The fourth-order valence-corrected chi connectivity index (χ4v) is 2.42. The maximum Gasteiger partial charge on any atom is 0.272 e. The average Bonchev–Trinajstić information content (AvgIpc) is 3.03. The molecule has 2 aromatic heterocycles. The van der Waals surface area contributed by atoms with Gasteiger partial charge in [0, 0.05) is 12.2 Å². The zero-order valence-corrected chi connectivity index (χ0v) is 11.6. The Hall–Kier alpha value is -2.18. The Morgan fingerprint density at radius 3 is 2.80 bits per heavy atom. The van der Waals surface area contributed by atoms with Gasteiger partial charge < -0.3 is 5.32 Å². The van der Waals surface area contributed by atoms with Crippen molar-refractivity contribution in [2.45, 2.75) is 44.7 Å². The second kappa shape index (κ2) is 4.73. The summed E-state index contributed by atoms with van der Waals surface area (Å²) in [6.45, 7) is 4.05. The van der Waals surface area contributed by atoms with Crippen LogP contribution in [-0.4, -0.2) is 30.9 Å². The van der Waals surface area contributed by atoms with Gasteiger partial charge in [-0.1, -0.05) is 0 Å². The molecule has 2 heterocycles. The summed E-state index contributed by atoms with van der Waals surface area (Å²) >= 11 is 0. The number of nitrogens with zero attached hydrogens (tertiary/aromatic N) is 4. The molecule has 3 rings (SSSR count). The minimum absolute atomic E-state index is 0.166. The van der Waals surface area contributed by atoms with Crippen molar-refractivity contribution in [1.29, 1.82) is 0 Å². The number of carbonyl (C=O) groups excluding carboxylic acids is 1. The molecule has 20 heavy (non-hydrogen) atoms. The number of H-pyrrole nitrogens is 1. The van der Waals surface area contributed by atoms with E-state index in [4.69, 9.17) is 0 Å². The summed E-state index contributed by atoms with van der Waals surface area (Å²) in [6, 6.07) is 1.98. The zero-order valence-electron chi connectivity index (χ0n) is 11.6. The fourth-order valence-electron chi connectivity index (χ4n) is 2.42. The van der Waals surface area contributed by atoms with Crippen molar-refractivity contribution in [1.82, 2.24) is 30.3 Å². The van der Waals surface area contributed by atoms with Crippen molar-refractivity contribution in [3.63, 3.8) is 0 Å². The molecule has 2 aromatic rings. The molecule has 0 spiro atoms. The highest BCUT2D eigenvalue weighted by molar-refractivity contribution is 5.92. The van der Waals surface area contributed by atoms with Crippen molar-refractivity contribution in [3.05, 3.63) is 30.1 Å². The second-order valence-corrected chi connectivity index (χ2v) is 5.50. The topological polar surface area (TPSA) is 88.5 Å². The average molecular weight is 274 g/mol. The van der Waals surface area contributed by atoms with E-state index in [-0.39, 0.29) is 11.9 Å². The molecule has 0 unspecified atom stereocenters. The van der Waals surface area contributed by atoms with Crippen LogP contribution in [0.1, 0.15) is 55.5 Å². The normalized spacial score (nSPS) is 16.9. The first-order valence-corrected chi connectivity index (χ1v) is 6.84. The SMILES string of the molecule is CC(C)n1ccc(C(=O)NC2(c3ncn[nH]3)CCC2)n1. The first-order valence-electron chi connectivity index (χ1n) is 6.84. The van der Waals surface area contributed by atoms with Gasteiger partial charge in [0.2, 0.25) is 0 Å². The molecule has 7 nitrogen and oxygen atoms in total. The van der Waals surface area contributed by atoms with Crippen molar-refractivity contribution >= 4 is 5.91 Å². The predicted octanol–water partition coefficient (Wildman–Crippen LogP) is 1.39. The standard InChI is InChI=1S/C13H18N6O/c1-9(2)19-7-4-10(18-19)11(20)16-13(5-3-6-13)12-14-8-15-17-12/h4,7-9H,3,5-6H2,1-2H3,(H,16,20)(H,14,15,17). The Bertz CT molecular complexity index is 596. The van der Waals surface area contributed by atoms with E-state index in [2.05, 4.69) is 25.6 Å². The van der Waals surface area contributed by atoms with E-state index in [1.807, 2.05) is 20.0 Å². The van der Waals surface area contributed by atoms with Gasteiger partial charge in [0.05, 0.1) is 5.54 Å². The molecule has 7 heteroatoms. The highest BCUT2D eigenvalue weighted by Crippen LogP contribution is 2.39. The maximum atomic E-state index is 12.3. The smallest absolute Gasteiger partial charge is 0.272 e. The molecule has 1 aliphatic carbocycles. The molecule has 1 amide bonds. The minimum Gasteiger partial charge on any atom is -0.338 e. The number of amides is 1. The Kier molecular flexibility index (Phi) is 3.04. The number of aromatic nitrogens is 5. The third-order valence-electron chi connectivity index (χ3n) is 3.80. The lowest BCUT2D eigenvalue weighted by Gasteiger charge is -2.40. The van der Waals surface area contributed by atoms with Gasteiger partial charge >= 0.3 is 0 Å². The molecule has 106 valence electrons. The van der Waals surface area contributed by atoms with E-state index < -0.39 is 5.54 Å². The molecule has 0 radical (unpaired) electrons. The number of nitrogens with one attached hydrogen (secondary N) is 2. The molecular formula is C13H18N6O. The van der Waals surface area contributed by atoms with Gasteiger partial charge in [0.15, 0.2) is 0 Å². The van der Waals surface area contributed by atoms with Gasteiger partial charge in [0.1, 0.15) is 17.8 Å². The van der Waals surface area contributed by atoms with Crippen LogP contribution < -0.4 is 5.32 Å². The summed E-state index contributed by atoms with van der Waals surface area (Å²) in [5.41, 5.74) is 0.0272. The first kappa shape index (κ1) is 12.8. The fraction of sp³-hybridized carbons (Fsp3) is 0.538. The van der Waals surface area contributed by atoms with E-state index in [1.165, 1.54) is 6.33 Å². The molecule has 0 saturated heterocycles. The highest BCUT2D eigenvalue weighted by Gasteiger charge is 2.43. The lowest BCUT2D eigenvalue weighted by molar-refractivity contribution is 0.0803. The predicted molar refractivity (Wildman–Crippen MR) is 72.0 cm³/mol. The third-order valence-corrected chi connectivity index (χ3v) is 3.80. The summed E-state index contributed by atoms with van der Waals surface area (Å²) in [7, 11) is 0. The molecule has 0 aliphatic heterocycles. The monoisotopic (exact) mass is 274 g/mol. The second-order valence-electron chi connectivity index (χ2n) is 5.50. The van der Waals surface area contributed by atoms with Crippen molar-refractivity contribution in [3.8, 4) is 0 Å². The van der Waals surface area contributed by atoms with Crippen LogP contribution in [0, 0.1) is 0 Å². The Morgan fingerprint density at radius 2 is 2.30 bits per heavy atom. The summed E-state index contributed by atoms with van der Waals surface area (Å²) in [5.74, 6) is 0.556. The van der Waals surface area contributed by atoms with Crippen LogP contribution in [0.15, 0.2) is 18.6 Å². The van der Waals surface area contributed by atoms with E-state index in [0.717, 1.165) is 25.1 Å². The lowest BCUT2D eigenvalue weighted by Crippen LogP contribution is -2.51. The number of carbonyl (C=O) groups is 1. The number of hydrogen-bond donors (Lipinski definition) is 2. The van der Waals surface area contributed by atoms with Crippen molar-refractivity contribution in [2.75, 3.05) is 0 Å². The quantitative estimate of drug-likeness (QED) is 0.881. The zero-order chi connectivity index (χ0) is 14.2. The van der Waals surface area contributed by atoms with Gasteiger partial charge in [-0.3, -0.25) is 14.6 Å². The molecule has 0 bridgehead atoms. The highest BCUT2D eigenvalue weighted by atomic mass is 16.2. The van der Waals surface area contributed by atoms with Gasteiger partial charge in [-0.25, -0.2) is 4.98 Å². The van der Waals surface area contributed by atoms with Crippen molar-refractivity contribution in [2.24, 2.45) is 0 Å². The van der Waals surface area contributed by atoms with E-state index in [1.54, 1.807) is 10.7 Å². The van der Waals surface area contributed by atoms with Gasteiger partial charge in [-0.05, 0) is 39.2 Å². The number of rotatable bonds is 4. The van der Waals surface area contributed by atoms with Crippen LogP contribution in [-0.2, 0) is 5.54 Å². The Labute approximate surface area is 116 Å². The van der Waals surface area contributed by atoms with Crippen LogP contribution >= 0.6 is 0 Å². The molecular weight excluding hydrogens is 256 g/mol. The number of aromatic amines is 1. The summed E-state index contributed by atoms with van der Waals surface area (Å²) in [6.07, 6.45) is 6.11. The third kappa shape index (κ3) is 2.09. The van der Waals surface area contributed by atoms with E-state index in [9.17, 15) is 4.79 Å². The van der Waals surface area contributed by atoms with Crippen LogP contribution in [0.4, 0.5) is 0 Å². The van der Waals surface area contributed by atoms with E-state index in [0.29, 0.717) is 5.69 Å². The van der Waals surface area contributed by atoms with Gasteiger partial charge in [0.25, 0.3) is 5.91 Å². The molecule has 0 aromatic carbocycles. The van der Waals surface area contributed by atoms with Gasteiger partial charge in [-0.2, -0.15) is 10.2 Å². The van der Waals surface area contributed by atoms with Crippen LogP contribution in [0.3, 0.4) is 0 Å². The van der Waals surface area contributed by atoms with Crippen LogP contribution in [0.25, 0.3) is 0 Å². The first-order chi connectivity index (χ1) is 9.61. The number of hydrogen-bond acceptors (Lipinski definition) is 4. The molecule has 1 aliphatic rings. The van der Waals surface area contributed by atoms with Gasteiger partial charge in [-0.15, -0.1) is 0 Å². The molecule has 2 N–H and O–H groups in total. The maximum absolute atomic E-state index is 12.3. The largest absolute Gasteiger partial charge is 0.338 e. The summed E-state index contributed by atoms with van der Waals surface area (Å²) in [5, 5.41) is 14.1. The van der Waals surface area contributed by atoms with Crippen LogP contribution in [0.5, 0.6) is 0 Å². The lowest BCUT2D eigenvalue weighted by atomic mass is 9.76. The molecule has 1 saturated carbocycles. The summed E-state index contributed by atoms with van der Waals surface area (Å²) in [4.78, 5) is 16.5. The van der Waals surface area contributed by atoms with Crippen molar-refractivity contribution < 1.29 is 4.79 Å². The Morgan fingerprint density at radius 1 is 1.50 bits per heavy atom. The molecule has 1 fully saturated rings. The van der Waals surface area contributed by atoms with E-state index >= 15 is 0 Å². The summed E-state index contributed by atoms with van der Waals surface area (Å²) < 4.78 is 1.77. The van der Waals surface area contributed by atoms with Crippen LogP contribution in [0.2, 0.25) is 0 Å².